The highest BCUT2D eigenvalue weighted by Gasteiger charge is 2.27. The molecule has 0 bridgehead atoms. The van der Waals surface area contributed by atoms with Gasteiger partial charge in [0, 0.05) is 30.1 Å². The summed E-state index contributed by atoms with van der Waals surface area (Å²) >= 11 is 0. The zero-order valence-corrected chi connectivity index (χ0v) is 20.1. The second-order valence-electron chi connectivity index (χ2n) is 8.83. The van der Waals surface area contributed by atoms with E-state index in [9.17, 15) is 4.79 Å². The number of aromatic nitrogens is 3. The van der Waals surface area contributed by atoms with Crippen LogP contribution in [0.3, 0.4) is 0 Å². The second kappa shape index (κ2) is 9.62. The van der Waals surface area contributed by atoms with Crippen molar-refractivity contribution in [3.8, 4) is 33.9 Å². The van der Waals surface area contributed by atoms with Gasteiger partial charge >= 0.3 is 0 Å². The van der Waals surface area contributed by atoms with E-state index in [0.29, 0.717) is 31.3 Å². The van der Waals surface area contributed by atoms with Crippen molar-refractivity contribution in [1.82, 2.24) is 20.1 Å². The van der Waals surface area contributed by atoms with E-state index in [1.54, 1.807) is 24.2 Å². The predicted molar refractivity (Wildman–Crippen MR) is 135 cm³/mol. The molecule has 4 aromatic rings. The summed E-state index contributed by atoms with van der Waals surface area (Å²) in [7, 11) is 1.69. The van der Waals surface area contributed by atoms with Crippen molar-refractivity contribution in [3.05, 3.63) is 83.8 Å². The lowest BCUT2D eigenvalue weighted by atomic mass is 9.98. The van der Waals surface area contributed by atoms with Crippen LogP contribution in [0.1, 0.15) is 41.4 Å². The number of ether oxygens (including phenoxy) is 2. The van der Waals surface area contributed by atoms with Gasteiger partial charge < -0.3 is 14.8 Å². The zero-order valence-electron chi connectivity index (χ0n) is 20.1. The molecule has 3 heterocycles. The summed E-state index contributed by atoms with van der Waals surface area (Å²) in [5.74, 6) is 1.90. The molecule has 1 aliphatic heterocycles. The number of methoxy groups -OCH3 is 1. The number of benzene rings is 2. The highest BCUT2D eigenvalue weighted by molar-refractivity contribution is 6.03. The normalized spacial score (nSPS) is 12.9. The summed E-state index contributed by atoms with van der Waals surface area (Å²) in [5.41, 5.74) is 6.21. The fourth-order valence-electron chi connectivity index (χ4n) is 4.41. The Bertz CT molecular complexity index is 1340. The minimum Gasteiger partial charge on any atom is -0.496 e. The Hall–Kier alpha value is -4.13. The van der Waals surface area contributed by atoms with Crippen LogP contribution in [0.15, 0.2) is 67.0 Å². The van der Waals surface area contributed by atoms with Crippen LogP contribution in [0.4, 0.5) is 0 Å². The molecular weight excluding hydrogens is 440 g/mol. The average molecular weight is 469 g/mol. The summed E-state index contributed by atoms with van der Waals surface area (Å²) in [4.78, 5) is 16.9. The van der Waals surface area contributed by atoms with Gasteiger partial charge in [-0.15, -0.1) is 0 Å². The number of pyridine rings is 1. The SMILES string of the molecule is COc1cc(COc2ccc(-c3c(-c4ccncc4)nn4c3C(=O)NCC4)cc2)ccc1C(C)C. The van der Waals surface area contributed by atoms with Gasteiger partial charge in [0.05, 0.1) is 13.7 Å². The van der Waals surface area contributed by atoms with Gasteiger partial charge in [-0.1, -0.05) is 38.1 Å². The number of nitrogens with one attached hydrogen (secondary N) is 1. The molecule has 0 saturated carbocycles. The molecule has 5 rings (SSSR count). The predicted octanol–water partition coefficient (Wildman–Crippen LogP) is 5.07. The topological polar surface area (TPSA) is 78.3 Å². The lowest BCUT2D eigenvalue weighted by molar-refractivity contribution is 0.0925. The first-order valence-electron chi connectivity index (χ1n) is 11.7. The molecule has 0 fully saturated rings. The van der Waals surface area contributed by atoms with E-state index in [4.69, 9.17) is 14.6 Å². The third-order valence-electron chi connectivity index (χ3n) is 6.20. The maximum Gasteiger partial charge on any atom is 0.270 e. The van der Waals surface area contributed by atoms with Crippen LogP contribution >= 0.6 is 0 Å². The minimum atomic E-state index is -0.113. The Balaban J connectivity index is 1.42. The molecule has 0 saturated heterocycles. The first-order chi connectivity index (χ1) is 17.0. The molecule has 0 atom stereocenters. The summed E-state index contributed by atoms with van der Waals surface area (Å²) in [6, 6.07) is 17.8. The van der Waals surface area contributed by atoms with Gasteiger partial charge in [0.15, 0.2) is 0 Å². The smallest absolute Gasteiger partial charge is 0.270 e. The molecule has 1 amide bonds. The fourth-order valence-corrected chi connectivity index (χ4v) is 4.41. The molecule has 7 heteroatoms. The van der Waals surface area contributed by atoms with Gasteiger partial charge in [0.25, 0.3) is 5.91 Å². The molecule has 0 aliphatic carbocycles. The first kappa shape index (κ1) is 22.7. The summed E-state index contributed by atoms with van der Waals surface area (Å²) in [6.45, 7) is 5.94. The molecule has 1 aliphatic rings. The van der Waals surface area contributed by atoms with E-state index >= 15 is 0 Å². The van der Waals surface area contributed by atoms with Crippen LogP contribution in [-0.2, 0) is 13.2 Å². The van der Waals surface area contributed by atoms with Gasteiger partial charge in [-0.25, -0.2) is 0 Å². The van der Waals surface area contributed by atoms with Gasteiger partial charge in [0.1, 0.15) is 29.5 Å². The molecular formula is C28H28N4O3. The molecule has 35 heavy (non-hydrogen) atoms. The number of fused-ring (bicyclic) bond motifs is 1. The fraction of sp³-hybridized carbons (Fsp3) is 0.250. The molecule has 2 aromatic heterocycles. The van der Waals surface area contributed by atoms with E-state index in [1.807, 2.05) is 42.5 Å². The van der Waals surface area contributed by atoms with E-state index < -0.39 is 0 Å². The highest BCUT2D eigenvalue weighted by Crippen LogP contribution is 2.36. The lowest BCUT2D eigenvalue weighted by Crippen LogP contribution is -2.35. The number of nitrogens with zero attached hydrogens (tertiary/aromatic N) is 3. The molecule has 2 aromatic carbocycles. The molecule has 178 valence electrons. The third kappa shape index (κ3) is 4.49. The Morgan fingerprint density at radius 3 is 2.51 bits per heavy atom. The Morgan fingerprint density at radius 1 is 1.03 bits per heavy atom. The van der Waals surface area contributed by atoms with Crippen molar-refractivity contribution in [3.63, 3.8) is 0 Å². The van der Waals surface area contributed by atoms with Crippen molar-refractivity contribution >= 4 is 5.91 Å². The van der Waals surface area contributed by atoms with Crippen LogP contribution in [0.5, 0.6) is 11.5 Å². The number of carbonyl (C=O) groups excluding carboxylic acids is 1. The standard InChI is InChI=1S/C28H28N4O3/c1-18(2)23-9-4-19(16-24(23)34-3)17-35-22-7-5-20(6-8-22)25-26(21-10-12-29-13-11-21)31-32-15-14-30-28(33)27(25)32/h4-13,16,18H,14-15,17H2,1-3H3,(H,30,33). The maximum atomic E-state index is 12.7. The van der Waals surface area contributed by atoms with Gasteiger partial charge in [0.2, 0.25) is 0 Å². The Labute approximate surface area is 204 Å². The number of rotatable bonds is 7. The number of hydrogen-bond acceptors (Lipinski definition) is 5. The molecule has 0 radical (unpaired) electrons. The largest absolute Gasteiger partial charge is 0.496 e. The van der Waals surface area contributed by atoms with Crippen LogP contribution in [-0.4, -0.2) is 34.3 Å². The Morgan fingerprint density at radius 2 is 1.80 bits per heavy atom. The quantitative estimate of drug-likeness (QED) is 0.410. The van der Waals surface area contributed by atoms with Crippen molar-refractivity contribution in [2.75, 3.05) is 13.7 Å². The third-order valence-corrected chi connectivity index (χ3v) is 6.20. The van der Waals surface area contributed by atoms with E-state index in [1.165, 1.54) is 5.56 Å². The van der Waals surface area contributed by atoms with Crippen molar-refractivity contribution < 1.29 is 14.3 Å². The zero-order chi connectivity index (χ0) is 24.4. The van der Waals surface area contributed by atoms with Gasteiger partial charge in [-0.05, 0) is 52.9 Å². The summed E-state index contributed by atoms with van der Waals surface area (Å²) in [5, 5.41) is 7.70. The average Bonchev–Trinajstić information content (AvgIpc) is 3.29. The molecule has 7 nitrogen and oxygen atoms in total. The van der Waals surface area contributed by atoms with Crippen LogP contribution < -0.4 is 14.8 Å². The van der Waals surface area contributed by atoms with Crippen molar-refractivity contribution in [1.29, 1.82) is 0 Å². The summed E-state index contributed by atoms with van der Waals surface area (Å²) < 4.78 is 13.4. The van der Waals surface area contributed by atoms with E-state index in [2.05, 4.69) is 36.3 Å². The van der Waals surface area contributed by atoms with Crippen molar-refractivity contribution in [2.24, 2.45) is 0 Å². The van der Waals surface area contributed by atoms with Crippen LogP contribution in [0, 0.1) is 0 Å². The Kier molecular flexibility index (Phi) is 6.23. The molecule has 0 spiro atoms. The molecule has 0 unspecified atom stereocenters. The second-order valence-corrected chi connectivity index (χ2v) is 8.83. The lowest BCUT2D eigenvalue weighted by Gasteiger charge is -2.16. The molecule has 1 N–H and O–H groups in total. The first-order valence-corrected chi connectivity index (χ1v) is 11.7. The highest BCUT2D eigenvalue weighted by atomic mass is 16.5. The van der Waals surface area contributed by atoms with Crippen LogP contribution in [0.2, 0.25) is 0 Å². The van der Waals surface area contributed by atoms with Crippen LogP contribution in [0.25, 0.3) is 22.4 Å². The van der Waals surface area contributed by atoms with Gasteiger partial charge in [-0.3, -0.25) is 14.5 Å². The summed E-state index contributed by atoms with van der Waals surface area (Å²) in [6.07, 6.45) is 3.47. The van der Waals surface area contributed by atoms with E-state index in [0.717, 1.165) is 39.4 Å². The number of hydrogen-bond donors (Lipinski definition) is 1. The van der Waals surface area contributed by atoms with Crippen molar-refractivity contribution in [2.45, 2.75) is 32.9 Å². The monoisotopic (exact) mass is 468 g/mol. The minimum absolute atomic E-state index is 0.113. The number of carbonyl (C=O) groups is 1. The number of amides is 1. The van der Waals surface area contributed by atoms with Gasteiger partial charge in [-0.2, -0.15) is 5.10 Å². The maximum absolute atomic E-state index is 12.7. The van der Waals surface area contributed by atoms with E-state index in [-0.39, 0.29) is 5.91 Å².